The summed E-state index contributed by atoms with van der Waals surface area (Å²) >= 11 is 0. The Bertz CT molecular complexity index is 696. The first-order chi connectivity index (χ1) is 22.4. The minimum Gasteiger partial charge on any atom is -0.463 e. The summed E-state index contributed by atoms with van der Waals surface area (Å²) < 4.78 is 10.3. The van der Waals surface area contributed by atoms with Crippen molar-refractivity contribution in [2.24, 2.45) is 0 Å². The highest BCUT2D eigenvalue weighted by atomic mass is 16.6. The molecule has 0 unspecified atom stereocenters. The number of unbranched alkanes of at least 4 members (excludes halogenated alkanes) is 21. The Morgan fingerprint density at radius 3 is 1.35 bits per heavy atom. The third kappa shape index (κ3) is 32.5. The molecule has 3 atom stereocenters. The van der Waals surface area contributed by atoms with E-state index in [1.54, 1.807) is 0 Å². The first-order valence-electron chi connectivity index (χ1n) is 19.4. The van der Waals surface area contributed by atoms with Crippen LogP contribution >= 0.6 is 0 Å². The van der Waals surface area contributed by atoms with Crippen LogP contribution in [-0.2, 0) is 19.1 Å². The Morgan fingerprint density at radius 1 is 0.500 bits per heavy atom. The highest BCUT2D eigenvalue weighted by Gasteiger charge is 2.14. The van der Waals surface area contributed by atoms with Crippen LogP contribution in [0.1, 0.15) is 194 Å². The van der Waals surface area contributed by atoms with Crippen molar-refractivity contribution in [2.75, 3.05) is 13.2 Å². The average Bonchev–Trinajstić information content (AvgIpc) is 3.05. The monoisotopic (exact) mass is 655 g/mol. The van der Waals surface area contributed by atoms with Gasteiger partial charge >= 0.3 is 11.9 Å². The highest BCUT2D eigenvalue weighted by molar-refractivity contribution is 5.69. The zero-order chi connectivity index (χ0) is 33.9. The van der Waals surface area contributed by atoms with Crippen molar-refractivity contribution in [3.8, 4) is 0 Å². The molecule has 272 valence electrons. The van der Waals surface area contributed by atoms with Crippen LogP contribution in [0.15, 0.2) is 12.2 Å². The van der Waals surface area contributed by atoms with E-state index in [4.69, 9.17) is 9.47 Å². The summed E-state index contributed by atoms with van der Waals surface area (Å²) in [6, 6.07) is 0. The third-order valence-corrected chi connectivity index (χ3v) is 8.70. The van der Waals surface area contributed by atoms with E-state index in [1.165, 1.54) is 96.3 Å². The molecule has 0 aliphatic heterocycles. The van der Waals surface area contributed by atoms with Gasteiger partial charge in [-0.25, -0.2) is 0 Å². The average molecular weight is 655 g/mol. The second-order valence-corrected chi connectivity index (χ2v) is 13.4. The van der Waals surface area contributed by atoms with Crippen LogP contribution in [-0.4, -0.2) is 58.8 Å². The molecule has 0 spiro atoms. The van der Waals surface area contributed by atoms with Crippen molar-refractivity contribution >= 4 is 11.9 Å². The summed E-state index contributed by atoms with van der Waals surface area (Å²) in [5.41, 5.74) is 0. The van der Waals surface area contributed by atoms with Gasteiger partial charge in [-0.05, 0) is 38.5 Å². The van der Waals surface area contributed by atoms with Gasteiger partial charge in [-0.3, -0.25) is 9.59 Å². The van der Waals surface area contributed by atoms with Crippen LogP contribution in [0.3, 0.4) is 0 Å². The minimum absolute atomic E-state index is 0.152. The van der Waals surface area contributed by atoms with Crippen LogP contribution in [0.25, 0.3) is 0 Å². The lowest BCUT2D eigenvalue weighted by Crippen LogP contribution is -2.25. The van der Waals surface area contributed by atoms with E-state index < -0.39 is 18.3 Å². The lowest BCUT2D eigenvalue weighted by molar-refractivity contribution is -0.152. The van der Waals surface area contributed by atoms with E-state index in [2.05, 4.69) is 19.9 Å². The topological polar surface area (TPSA) is 113 Å². The number of rotatable bonds is 35. The maximum Gasteiger partial charge on any atom is 0.305 e. The Hall–Kier alpha value is -1.44. The van der Waals surface area contributed by atoms with Gasteiger partial charge in [-0.2, -0.15) is 0 Å². The minimum atomic E-state index is -1.01. The van der Waals surface area contributed by atoms with Gasteiger partial charge in [0.15, 0.2) is 0 Å². The fraction of sp³-hybridized carbons (Fsp3) is 0.897. The van der Waals surface area contributed by atoms with Crippen molar-refractivity contribution in [1.29, 1.82) is 0 Å². The molecule has 0 fully saturated rings. The zero-order valence-corrected chi connectivity index (χ0v) is 30.1. The van der Waals surface area contributed by atoms with Crippen LogP contribution in [0.2, 0.25) is 0 Å². The zero-order valence-electron chi connectivity index (χ0n) is 30.1. The number of aliphatic hydroxyl groups is 3. The molecule has 0 aliphatic carbocycles. The molecule has 7 heteroatoms. The molecule has 0 radical (unpaired) electrons. The number of carbonyl (C=O) groups is 2. The molecule has 0 saturated carbocycles. The molecule has 0 bridgehead atoms. The molecule has 7 nitrogen and oxygen atoms in total. The molecule has 0 aliphatic rings. The lowest BCUT2D eigenvalue weighted by atomic mass is 10.0. The van der Waals surface area contributed by atoms with Gasteiger partial charge in [-0.1, -0.05) is 154 Å². The summed E-state index contributed by atoms with van der Waals surface area (Å²) in [6.07, 6.45) is 31.5. The van der Waals surface area contributed by atoms with Gasteiger partial charge in [0.25, 0.3) is 0 Å². The van der Waals surface area contributed by atoms with E-state index >= 15 is 0 Å². The molecule has 0 aromatic heterocycles. The molecule has 0 aromatic rings. The maximum atomic E-state index is 12.0. The van der Waals surface area contributed by atoms with E-state index in [9.17, 15) is 24.9 Å². The number of aliphatic hydroxyl groups excluding tert-OH is 3. The van der Waals surface area contributed by atoms with Crippen LogP contribution in [0.5, 0.6) is 0 Å². The number of allylic oxidation sites excluding steroid dienone is 1. The molecule has 3 N–H and O–H groups in total. The van der Waals surface area contributed by atoms with Gasteiger partial charge in [0.2, 0.25) is 0 Å². The quantitative estimate of drug-likeness (QED) is 0.0354. The molecule has 0 saturated heterocycles. The molecule has 46 heavy (non-hydrogen) atoms. The summed E-state index contributed by atoms with van der Waals surface area (Å²) in [7, 11) is 0. The Balaban J connectivity index is 3.53. The Morgan fingerprint density at radius 2 is 0.891 bits per heavy atom. The predicted octanol–water partition coefficient (Wildman–Crippen LogP) is 9.67. The summed E-state index contributed by atoms with van der Waals surface area (Å²) in [6.45, 7) is 4.12. The van der Waals surface area contributed by atoms with Gasteiger partial charge in [0, 0.05) is 12.8 Å². The molecule has 0 heterocycles. The number of hydrogen-bond donors (Lipinski definition) is 3. The molecule has 0 rings (SSSR count). The fourth-order valence-electron chi connectivity index (χ4n) is 5.58. The number of ether oxygens (including phenoxy) is 2. The first kappa shape index (κ1) is 44.6. The van der Waals surface area contributed by atoms with Crippen molar-refractivity contribution in [3.05, 3.63) is 12.2 Å². The smallest absolute Gasteiger partial charge is 0.305 e. The third-order valence-electron chi connectivity index (χ3n) is 8.70. The lowest BCUT2D eigenvalue weighted by Gasteiger charge is -2.16. The van der Waals surface area contributed by atoms with Gasteiger partial charge in [0.1, 0.15) is 19.3 Å². The van der Waals surface area contributed by atoms with E-state index in [0.29, 0.717) is 25.7 Å². The van der Waals surface area contributed by atoms with Crippen molar-refractivity contribution in [2.45, 2.75) is 212 Å². The summed E-state index contributed by atoms with van der Waals surface area (Å²) in [4.78, 5) is 23.9. The largest absolute Gasteiger partial charge is 0.463 e. The number of hydrogen-bond acceptors (Lipinski definition) is 7. The summed E-state index contributed by atoms with van der Waals surface area (Å²) in [5, 5.41) is 30.2. The second-order valence-electron chi connectivity index (χ2n) is 13.4. The molecular weight excluding hydrogens is 580 g/mol. The van der Waals surface area contributed by atoms with Crippen LogP contribution in [0, 0.1) is 0 Å². The molecule has 0 amide bonds. The number of carbonyl (C=O) groups excluding carboxylic acids is 2. The van der Waals surface area contributed by atoms with E-state index in [-0.39, 0.29) is 31.6 Å². The van der Waals surface area contributed by atoms with Gasteiger partial charge in [-0.15, -0.1) is 0 Å². The standard InChI is InChI=1S/C39H74O7/c1-3-5-7-9-11-12-13-14-15-16-17-18-19-23-27-31-38(43)45-33-35(40)34-46-39(44)32-28-24-20-22-26-30-37(42)36(41)29-25-21-10-8-6-4-2/h21,25,35-37,40-42H,3-20,22-24,26-34H2,1-2H3/b25-21-/t35-,36-,37-/m1/s1. The van der Waals surface area contributed by atoms with E-state index in [0.717, 1.165) is 51.4 Å². The first-order valence-corrected chi connectivity index (χ1v) is 19.4. The van der Waals surface area contributed by atoms with Crippen LogP contribution in [0.4, 0.5) is 0 Å². The van der Waals surface area contributed by atoms with Gasteiger partial charge < -0.3 is 24.8 Å². The molecular formula is C39H74O7. The highest BCUT2D eigenvalue weighted by Crippen LogP contribution is 2.15. The predicted molar refractivity (Wildman–Crippen MR) is 190 cm³/mol. The Kier molecular flexibility index (Phi) is 33.8. The summed E-state index contributed by atoms with van der Waals surface area (Å²) in [5.74, 6) is -0.666. The van der Waals surface area contributed by atoms with Crippen molar-refractivity contribution in [1.82, 2.24) is 0 Å². The van der Waals surface area contributed by atoms with Gasteiger partial charge in [0.05, 0.1) is 12.2 Å². The van der Waals surface area contributed by atoms with E-state index in [1.807, 2.05) is 6.08 Å². The number of esters is 2. The van der Waals surface area contributed by atoms with Crippen molar-refractivity contribution in [3.63, 3.8) is 0 Å². The second kappa shape index (κ2) is 34.9. The SMILES string of the molecule is CCCCC/C=C\C[C@@H](O)[C@H](O)CCCCCCCC(=O)OC[C@H](O)COC(=O)CCCCCCCCCCCCCCCCC. The fourth-order valence-corrected chi connectivity index (χ4v) is 5.58. The Labute approximate surface area is 283 Å². The maximum absolute atomic E-state index is 12.0. The molecule has 0 aromatic carbocycles. The van der Waals surface area contributed by atoms with Crippen LogP contribution < -0.4 is 0 Å². The normalized spacial score (nSPS) is 13.6. The van der Waals surface area contributed by atoms with Crippen molar-refractivity contribution < 1.29 is 34.4 Å².